The van der Waals surface area contributed by atoms with Gasteiger partial charge in [-0.3, -0.25) is 4.79 Å². The van der Waals surface area contributed by atoms with E-state index in [1.54, 1.807) is 0 Å². The molecular weight excluding hydrogens is 176 g/mol. The quantitative estimate of drug-likeness (QED) is 0.651. The van der Waals surface area contributed by atoms with Crippen LogP contribution in [0.4, 0.5) is 0 Å². The highest BCUT2D eigenvalue weighted by molar-refractivity contribution is 5.82. The molecule has 0 heterocycles. The van der Waals surface area contributed by atoms with Crippen LogP contribution in [0.25, 0.3) is 0 Å². The Kier molecular flexibility index (Phi) is 3.53. The lowest BCUT2D eigenvalue weighted by molar-refractivity contribution is -0.122. The van der Waals surface area contributed by atoms with Gasteiger partial charge in [0.25, 0.3) is 0 Å². The van der Waals surface area contributed by atoms with E-state index in [1.807, 2.05) is 0 Å². The Balaban J connectivity index is 2.06. The molecule has 3 nitrogen and oxygen atoms in total. The Morgan fingerprint density at radius 3 is 2.43 bits per heavy atom. The molecule has 0 bridgehead atoms. The maximum atomic E-state index is 11.5. The van der Waals surface area contributed by atoms with Crippen molar-refractivity contribution in [3.05, 3.63) is 0 Å². The molecule has 0 saturated heterocycles. The summed E-state index contributed by atoms with van der Waals surface area (Å²) in [6.45, 7) is 10.1. The molecule has 0 aromatic heterocycles. The molecule has 2 N–H and O–H groups in total. The van der Waals surface area contributed by atoms with Crippen molar-refractivity contribution in [1.29, 1.82) is 0 Å². The minimum absolute atomic E-state index is 0.223. The molecule has 1 rings (SSSR count). The minimum Gasteiger partial charge on any atom is -0.355 e. The molecule has 1 aliphatic carbocycles. The van der Waals surface area contributed by atoms with Gasteiger partial charge in [0.2, 0.25) is 5.91 Å². The third kappa shape index (κ3) is 3.29. The van der Waals surface area contributed by atoms with E-state index in [-0.39, 0.29) is 17.2 Å². The predicted molar refractivity (Wildman–Crippen MR) is 58.0 cm³/mol. The fourth-order valence-electron chi connectivity index (χ4n) is 1.58. The lowest BCUT2D eigenvalue weighted by Crippen LogP contribution is -2.35. The second kappa shape index (κ2) is 4.30. The van der Waals surface area contributed by atoms with Gasteiger partial charge in [0, 0.05) is 25.0 Å². The lowest BCUT2D eigenvalue weighted by atomic mass is 10.1. The van der Waals surface area contributed by atoms with Crippen molar-refractivity contribution in [2.75, 3.05) is 13.1 Å². The second-order valence-corrected chi connectivity index (χ2v) is 5.15. The van der Waals surface area contributed by atoms with Gasteiger partial charge in [-0.05, 0) is 11.8 Å². The van der Waals surface area contributed by atoms with E-state index in [0.717, 1.165) is 19.5 Å². The summed E-state index contributed by atoms with van der Waals surface area (Å²) in [5.41, 5.74) is 0.246. The molecule has 82 valence electrons. The molecule has 1 unspecified atom stereocenters. The first-order valence-electron chi connectivity index (χ1n) is 5.44. The summed E-state index contributed by atoms with van der Waals surface area (Å²) in [5, 5.41) is 6.22. The summed E-state index contributed by atoms with van der Waals surface area (Å²) in [6.07, 6.45) is 1.04. The molecular formula is C11H22N2O. The highest BCUT2D eigenvalue weighted by Crippen LogP contribution is 2.51. The standard InChI is InChI=1S/C11H22N2O/c1-8(2)12-5-6-13-10(14)9-7-11(9,3)4/h8-9,12H,5-7H2,1-4H3,(H,13,14). The van der Waals surface area contributed by atoms with E-state index in [4.69, 9.17) is 0 Å². The maximum absolute atomic E-state index is 11.5. The molecule has 1 fully saturated rings. The second-order valence-electron chi connectivity index (χ2n) is 5.15. The van der Waals surface area contributed by atoms with Crippen LogP contribution < -0.4 is 10.6 Å². The van der Waals surface area contributed by atoms with Crippen molar-refractivity contribution < 1.29 is 4.79 Å². The van der Waals surface area contributed by atoms with Crippen molar-refractivity contribution in [3.63, 3.8) is 0 Å². The smallest absolute Gasteiger partial charge is 0.223 e. The molecule has 3 heteroatoms. The van der Waals surface area contributed by atoms with E-state index in [1.165, 1.54) is 0 Å². The topological polar surface area (TPSA) is 41.1 Å². The number of carbonyl (C=O) groups is 1. The lowest BCUT2D eigenvalue weighted by Gasteiger charge is -2.09. The van der Waals surface area contributed by atoms with E-state index in [9.17, 15) is 4.79 Å². The van der Waals surface area contributed by atoms with Crippen LogP contribution >= 0.6 is 0 Å². The van der Waals surface area contributed by atoms with Crippen LogP contribution in [0.15, 0.2) is 0 Å². The third-order valence-electron chi connectivity index (χ3n) is 2.81. The Labute approximate surface area is 86.6 Å². The Hall–Kier alpha value is -0.570. The van der Waals surface area contributed by atoms with E-state index in [2.05, 4.69) is 38.3 Å². The van der Waals surface area contributed by atoms with Gasteiger partial charge in [0.15, 0.2) is 0 Å². The molecule has 1 aliphatic rings. The summed E-state index contributed by atoms with van der Waals surface area (Å²) in [4.78, 5) is 11.5. The largest absolute Gasteiger partial charge is 0.355 e. The van der Waals surface area contributed by atoms with Gasteiger partial charge in [0.05, 0.1) is 0 Å². The SMILES string of the molecule is CC(C)NCCNC(=O)C1CC1(C)C. The van der Waals surface area contributed by atoms with Gasteiger partial charge in [-0.2, -0.15) is 0 Å². The molecule has 0 spiro atoms. The Bertz CT molecular complexity index is 211. The normalized spacial score (nSPS) is 23.6. The molecule has 0 radical (unpaired) electrons. The molecule has 14 heavy (non-hydrogen) atoms. The van der Waals surface area contributed by atoms with Crippen molar-refractivity contribution >= 4 is 5.91 Å². The number of nitrogens with one attached hydrogen (secondary N) is 2. The molecule has 1 amide bonds. The average Bonchev–Trinajstić information content (AvgIpc) is 2.68. The van der Waals surface area contributed by atoms with Crippen LogP contribution in [0.2, 0.25) is 0 Å². The summed E-state index contributed by atoms with van der Waals surface area (Å²) >= 11 is 0. The number of hydrogen-bond acceptors (Lipinski definition) is 2. The zero-order chi connectivity index (χ0) is 10.8. The van der Waals surface area contributed by atoms with Crippen LogP contribution in [-0.4, -0.2) is 25.0 Å². The molecule has 1 saturated carbocycles. The fourth-order valence-corrected chi connectivity index (χ4v) is 1.58. The fraction of sp³-hybridized carbons (Fsp3) is 0.909. The van der Waals surface area contributed by atoms with Gasteiger partial charge in [-0.15, -0.1) is 0 Å². The van der Waals surface area contributed by atoms with Crippen molar-refractivity contribution in [1.82, 2.24) is 10.6 Å². The predicted octanol–water partition coefficient (Wildman–Crippen LogP) is 1.15. The average molecular weight is 198 g/mol. The van der Waals surface area contributed by atoms with Gasteiger partial charge >= 0.3 is 0 Å². The van der Waals surface area contributed by atoms with Crippen LogP contribution in [0.5, 0.6) is 0 Å². The first-order chi connectivity index (χ1) is 6.43. The highest BCUT2D eigenvalue weighted by Gasteiger charge is 2.50. The number of carbonyl (C=O) groups excluding carboxylic acids is 1. The van der Waals surface area contributed by atoms with Crippen molar-refractivity contribution in [3.8, 4) is 0 Å². The number of hydrogen-bond donors (Lipinski definition) is 2. The zero-order valence-electron chi connectivity index (χ0n) is 9.68. The maximum Gasteiger partial charge on any atom is 0.223 e. The molecule has 0 aromatic rings. The van der Waals surface area contributed by atoms with Crippen LogP contribution in [0.1, 0.15) is 34.1 Å². The number of rotatable bonds is 5. The highest BCUT2D eigenvalue weighted by atomic mass is 16.2. The molecule has 0 aromatic carbocycles. The summed E-state index contributed by atoms with van der Waals surface area (Å²) in [6, 6.07) is 0.490. The van der Waals surface area contributed by atoms with E-state index >= 15 is 0 Å². The third-order valence-corrected chi connectivity index (χ3v) is 2.81. The van der Waals surface area contributed by atoms with Gasteiger partial charge < -0.3 is 10.6 Å². The minimum atomic E-state index is 0.223. The van der Waals surface area contributed by atoms with Gasteiger partial charge in [-0.25, -0.2) is 0 Å². The van der Waals surface area contributed by atoms with Gasteiger partial charge in [0.1, 0.15) is 0 Å². The zero-order valence-corrected chi connectivity index (χ0v) is 9.68. The van der Waals surface area contributed by atoms with Gasteiger partial charge in [-0.1, -0.05) is 27.7 Å². The van der Waals surface area contributed by atoms with Crippen LogP contribution in [-0.2, 0) is 4.79 Å². The van der Waals surface area contributed by atoms with Crippen molar-refractivity contribution in [2.45, 2.75) is 40.2 Å². The van der Waals surface area contributed by atoms with Crippen molar-refractivity contribution in [2.24, 2.45) is 11.3 Å². The summed E-state index contributed by atoms with van der Waals surface area (Å²) in [7, 11) is 0. The summed E-state index contributed by atoms with van der Waals surface area (Å²) < 4.78 is 0. The molecule has 1 atom stereocenters. The van der Waals surface area contributed by atoms with E-state index < -0.39 is 0 Å². The Morgan fingerprint density at radius 2 is 2.00 bits per heavy atom. The van der Waals surface area contributed by atoms with Crippen LogP contribution in [0.3, 0.4) is 0 Å². The summed E-state index contributed by atoms with van der Waals surface area (Å²) in [5.74, 6) is 0.474. The first-order valence-corrected chi connectivity index (χ1v) is 5.44. The van der Waals surface area contributed by atoms with Crippen LogP contribution in [0, 0.1) is 11.3 Å². The first kappa shape index (κ1) is 11.5. The molecule has 0 aliphatic heterocycles. The van der Waals surface area contributed by atoms with E-state index in [0.29, 0.717) is 6.04 Å². The monoisotopic (exact) mass is 198 g/mol. The number of amides is 1. The Morgan fingerprint density at radius 1 is 1.43 bits per heavy atom.